The Morgan fingerprint density at radius 3 is 2.67 bits per heavy atom. The number of hydrogen-bond acceptors (Lipinski definition) is 2. The van der Waals surface area contributed by atoms with Crippen LogP contribution >= 0.6 is 0 Å². The van der Waals surface area contributed by atoms with E-state index in [2.05, 4.69) is 12.2 Å². The molecule has 3 heteroatoms. The summed E-state index contributed by atoms with van der Waals surface area (Å²) < 4.78 is 13.0. The van der Waals surface area contributed by atoms with Crippen molar-refractivity contribution < 1.29 is 9.18 Å². The predicted molar refractivity (Wildman–Crippen MR) is 70.1 cm³/mol. The molecule has 18 heavy (non-hydrogen) atoms. The average molecular weight is 249 g/mol. The van der Waals surface area contributed by atoms with Gasteiger partial charge in [-0.05, 0) is 56.1 Å². The molecule has 0 radical (unpaired) electrons. The molecular formula is C15H20FNO. The van der Waals surface area contributed by atoms with E-state index in [4.69, 9.17) is 0 Å². The molecule has 98 valence electrons. The number of hydrogen-bond donors (Lipinski definition) is 1. The molecular weight excluding hydrogens is 229 g/mol. The van der Waals surface area contributed by atoms with Crippen molar-refractivity contribution in [3.63, 3.8) is 0 Å². The monoisotopic (exact) mass is 249 g/mol. The minimum atomic E-state index is -0.239. The number of aryl methyl sites for hydroxylation is 1. The Bertz CT molecular complexity index is 450. The number of halogens is 1. The van der Waals surface area contributed by atoms with Gasteiger partial charge in [-0.2, -0.15) is 0 Å². The summed E-state index contributed by atoms with van der Waals surface area (Å²) in [5.41, 5.74) is 1.59. The number of carbonyl (C=O) groups is 1. The van der Waals surface area contributed by atoms with Gasteiger partial charge in [0.05, 0.1) is 0 Å². The zero-order valence-corrected chi connectivity index (χ0v) is 11.1. The number of ketones is 1. The molecule has 2 rings (SSSR count). The Morgan fingerprint density at radius 2 is 2.06 bits per heavy atom. The second-order valence-electron chi connectivity index (χ2n) is 5.48. The molecule has 2 nitrogen and oxygen atoms in total. The van der Waals surface area contributed by atoms with Crippen LogP contribution in [-0.2, 0) is 11.2 Å². The van der Waals surface area contributed by atoms with Crippen molar-refractivity contribution in [2.45, 2.75) is 33.1 Å². The Kier molecular flexibility index (Phi) is 3.81. The lowest BCUT2D eigenvalue weighted by Gasteiger charge is -2.32. The molecule has 0 amide bonds. The van der Waals surface area contributed by atoms with Crippen LogP contribution in [0.4, 0.5) is 4.39 Å². The summed E-state index contributed by atoms with van der Waals surface area (Å²) in [7, 11) is 0. The van der Waals surface area contributed by atoms with Crippen molar-refractivity contribution in [1.82, 2.24) is 5.32 Å². The number of Topliss-reactive ketones (excluding diaryl/α,β-unsaturated/α-hetero) is 1. The van der Waals surface area contributed by atoms with E-state index in [0.717, 1.165) is 37.1 Å². The van der Waals surface area contributed by atoms with E-state index in [0.29, 0.717) is 6.42 Å². The van der Waals surface area contributed by atoms with Crippen LogP contribution in [0.15, 0.2) is 18.2 Å². The summed E-state index contributed by atoms with van der Waals surface area (Å²) in [6.07, 6.45) is 2.21. The predicted octanol–water partition coefficient (Wildman–Crippen LogP) is 2.64. The minimum absolute atomic E-state index is 0.216. The Labute approximate surface area is 108 Å². The molecule has 0 unspecified atom stereocenters. The van der Waals surface area contributed by atoms with Gasteiger partial charge in [-0.3, -0.25) is 4.79 Å². The smallest absolute Gasteiger partial charge is 0.143 e. The molecule has 1 saturated heterocycles. The van der Waals surface area contributed by atoms with Crippen LogP contribution in [0.2, 0.25) is 0 Å². The Balaban J connectivity index is 2.11. The Morgan fingerprint density at radius 1 is 1.39 bits per heavy atom. The maximum atomic E-state index is 13.0. The molecule has 1 aromatic rings. The summed E-state index contributed by atoms with van der Waals surface area (Å²) in [6, 6.07) is 4.65. The van der Waals surface area contributed by atoms with E-state index < -0.39 is 0 Å². The fourth-order valence-electron chi connectivity index (χ4n) is 2.50. The standard InChI is InChI=1S/C15H20FNO/c1-11-9-13(16)4-3-12(11)10-14(18)15(2)5-7-17-8-6-15/h3-4,9,17H,5-8,10H2,1-2H3. The molecule has 0 atom stereocenters. The molecule has 0 aliphatic carbocycles. The first kappa shape index (κ1) is 13.2. The number of benzene rings is 1. The molecule has 1 N–H and O–H groups in total. The van der Waals surface area contributed by atoms with Gasteiger partial charge < -0.3 is 5.32 Å². The van der Waals surface area contributed by atoms with Crippen molar-refractivity contribution in [3.05, 3.63) is 35.1 Å². The summed E-state index contributed by atoms with van der Waals surface area (Å²) in [5, 5.41) is 3.28. The van der Waals surface area contributed by atoms with E-state index in [-0.39, 0.29) is 17.0 Å². The lowest BCUT2D eigenvalue weighted by molar-refractivity contribution is -0.128. The summed E-state index contributed by atoms with van der Waals surface area (Å²) in [4.78, 5) is 12.4. The first-order valence-corrected chi connectivity index (χ1v) is 6.50. The van der Waals surface area contributed by atoms with E-state index in [1.165, 1.54) is 12.1 Å². The third-order valence-corrected chi connectivity index (χ3v) is 4.04. The minimum Gasteiger partial charge on any atom is -0.317 e. The van der Waals surface area contributed by atoms with Crippen LogP contribution in [0.1, 0.15) is 30.9 Å². The van der Waals surface area contributed by atoms with Crippen molar-refractivity contribution in [2.24, 2.45) is 5.41 Å². The highest BCUT2D eigenvalue weighted by atomic mass is 19.1. The van der Waals surface area contributed by atoms with E-state index in [9.17, 15) is 9.18 Å². The van der Waals surface area contributed by atoms with Gasteiger partial charge in [0, 0.05) is 11.8 Å². The quantitative estimate of drug-likeness (QED) is 0.892. The van der Waals surface area contributed by atoms with Crippen LogP contribution in [0.5, 0.6) is 0 Å². The van der Waals surface area contributed by atoms with Crippen LogP contribution in [0.3, 0.4) is 0 Å². The number of nitrogens with one attached hydrogen (secondary N) is 1. The number of piperidine rings is 1. The molecule has 1 aromatic carbocycles. The van der Waals surface area contributed by atoms with Crippen molar-refractivity contribution >= 4 is 5.78 Å². The van der Waals surface area contributed by atoms with E-state index in [1.807, 2.05) is 6.92 Å². The van der Waals surface area contributed by atoms with Gasteiger partial charge in [0.2, 0.25) is 0 Å². The summed E-state index contributed by atoms with van der Waals surface area (Å²) in [5.74, 6) is 0.0375. The maximum absolute atomic E-state index is 13.0. The van der Waals surface area contributed by atoms with Gasteiger partial charge in [0.1, 0.15) is 11.6 Å². The van der Waals surface area contributed by atoms with Gasteiger partial charge >= 0.3 is 0 Å². The second kappa shape index (κ2) is 5.19. The van der Waals surface area contributed by atoms with E-state index >= 15 is 0 Å². The third kappa shape index (κ3) is 2.78. The van der Waals surface area contributed by atoms with Crippen LogP contribution in [-0.4, -0.2) is 18.9 Å². The first-order chi connectivity index (χ1) is 8.51. The highest BCUT2D eigenvalue weighted by Gasteiger charge is 2.34. The average Bonchev–Trinajstić information content (AvgIpc) is 2.33. The zero-order valence-electron chi connectivity index (χ0n) is 11.1. The highest BCUT2D eigenvalue weighted by Crippen LogP contribution is 2.30. The van der Waals surface area contributed by atoms with Gasteiger partial charge in [-0.15, -0.1) is 0 Å². The number of rotatable bonds is 3. The summed E-state index contributed by atoms with van der Waals surface area (Å²) in [6.45, 7) is 5.72. The van der Waals surface area contributed by atoms with E-state index in [1.54, 1.807) is 6.07 Å². The molecule has 1 fully saturated rings. The molecule has 1 aliphatic rings. The second-order valence-corrected chi connectivity index (χ2v) is 5.48. The van der Waals surface area contributed by atoms with Crippen molar-refractivity contribution in [3.8, 4) is 0 Å². The lowest BCUT2D eigenvalue weighted by Crippen LogP contribution is -2.40. The van der Waals surface area contributed by atoms with Crippen LogP contribution in [0, 0.1) is 18.2 Å². The highest BCUT2D eigenvalue weighted by molar-refractivity contribution is 5.86. The third-order valence-electron chi connectivity index (χ3n) is 4.04. The van der Waals surface area contributed by atoms with Gasteiger partial charge in [-0.1, -0.05) is 13.0 Å². The molecule has 0 spiro atoms. The van der Waals surface area contributed by atoms with Crippen LogP contribution in [0.25, 0.3) is 0 Å². The fraction of sp³-hybridized carbons (Fsp3) is 0.533. The van der Waals surface area contributed by atoms with Gasteiger partial charge in [-0.25, -0.2) is 4.39 Å². The fourth-order valence-corrected chi connectivity index (χ4v) is 2.50. The number of carbonyl (C=O) groups excluding carboxylic acids is 1. The molecule has 0 saturated carbocycles. The van der Waals surface area contributed by atoms with Crippen molar-refractivity contribution in [1.29, 1.82) is 0 Å². The topological polar surface area (TPSA) is 29.1 Å². The lowest BCUT2D eigenvalue weighted by atomic mass is 9.75. The molecule has 1 heterocycles. The largest absolute Gasteiger partial charge is 0.317 e. The van der Waals surface area contributed by atoms with Crippen molar-refractivity contribution in [2.75, 3.05) is 13.1 Å². The Hall–Kier alpha value is -1.22. The molecule has 0 bridgehead atoms. The zero-order chi connectivity index (χ0) is 13.2. The summed E-state index contributed by atoms with van der Waals surface area (Å²) >= 11 is 0. The first-order valence-electron chi connectivity index (χ1n) is 6.50. The SMILES string of the molecule is Cc1cc(F)ccc1CC(=O)C1(C)CCNCC1. The molecule has 0 aromatic heterocycles. The maximum Gasteiger partial charge on any atom is 0.143 e. The normalized spacial score (nSPS) is 18.6. The van der Waals surface area contributed by atoms with Gasteiger partial charge in [0.25, 0.3) is 0 Å². The molecule has 1 aliphatic heterocycles. The van der Waals surface area contributed by atoms with Crippen LogP contribution < -0.4 is 5.32 Å². The van der Waals surface area contributed by atoms with Gasteiger partial charge in [0.15, 0.2) is 0 Å².